The molecular formula is C20H18N2O7S. The fourth-order valence-corrected chi connectivity index (χ4v) is 3.27. The summed E-state index contributed by atoms with van der Waals surface area (Å²) < 4.78 is 33.0. The van der Waals surface area contributed by atoms with E-state index in [2.05, 4.69) is 0 Å². The molecule has 156 valence electrons. The van der Waals surface area contributed by atoms with E-state index in [-0.39, 0.29) is 30.1 Å². The largest absolute Gasteiger partial charge is 0.467 e. The van der Waals surface area contributed by atoms with Crippen LogP contribution in [0.1, 0.15) is 21.7 Å². The molecule has 0 unspecified atom stereocenters. The maximum absolute atomic E-state index is 13.1. The van der Waals surface area contributed by atoms with Gasteiger partial charge >= 0.3 is 10.1 Å². The SMILES string of the molecule is CS(=O)(=O)Oc1cccc(CN(Cc2ccco2)C(=O)c2cccc([N+](=O)[O-])c2)c1. The molecule has 1 aromatic heterocycles. The lowest BCUT2D eigenvalue weighted by molar-refractivity contribution is -0.384. The average Bonchev–Trinajstić information content (AvgIpc) is 3.19. The van der Waals surface area contributed by atoms with Gasteiger partial charge in [-0.2, -0.15) is 8.42 Å². The smallest absolute Gasteiger partial charge is 0.306 e. The van der Waals surface area contributed by atoms with E-state index >= 15 is 0 Å². The highest BCUT2D eigenvalue weighted by atomic mass is 32.2. The van der Waals surface area contributed by atoms with Crippen molar-refractivity contribution in [3.8, 4) is 5.75 Å². The minimum atomic E-state index is -3.70. The summed E-state index contributed by atoms with van der Waals surface area (Å²) >= 11 is 0. The van der Waals surface area contributed by atoms with Crippen LogP contribution in [0.3, 0.4) is 0 Å². The number of hydrogen-bond donors (Lipinski definition) is 0. The molecule has 0 saturated carbocycles. The number of hydrogen-bond acceptors (Lipinski definition) is 7. The summed E-state index contributed by atoms with van der Waals surface area (Å²) in [5, 5.41) is 11.0. The molecule has 0 aliphatic carbocycles. The number of nitro groups is 1. The van der Waals surface area contributed by atoms with Crippen LogP contribution < -0.4 is 4.18 Å². The number of carbonyl (C=O) groups excluding carboxylic acids is 1. The van der Waals surface area contributed by atoms with E-state index in [1.54, 1.807) is 24.3 Å². The van der Waals surface area contributed by atoms with Gasteiger partial charge in [-0.15, -0.1) is 0 Å². The van der Waals surface area contributed by atoms with Crippen molar-refractivity contribution in [1.29, 1.82) is 0 Å². The number of carbonyl (C=O) groups is 1. The van der Waals surface area contributed by atoms with Crippen LogP contribution in [-0.4, -0.2) is 30.4 Å². The third-order valence-corrected chi connectivity index (χ3v) is 4.53. The Morgan fingerprint density at radius 3 is 2.53 bits per heavy atom. The summed E-state index contributed by atoms with van der Waals surface area (Å²) in [5.41, 5.74) is 0.572. The van der Waals surface area contributed by atoms with Crippen molar-refractivity contribution in [2.75, 3.05) is 6.26 Å². The normalized spacial score (nSPS) is 11.1. The molecule has 1 heterocycles. The van der Waals surface area contributed by atoms with Crippen LogP contribution >= 0.6 is 0 Å². The van der Waals surface area contributed by atoms with Gasteiger partial charge < -0.3 is 13.5 Å². The Balaban J connectivity index is 1.90. The lowest BCUT2D eigenvalue weighted by atomic mass is 10.1. The highest BCUT2D eigenvalue weighted by molar-refractivity contribution is 7.86. The van der Waals surface area contributed by atoms with Crippen molar-refractivity contribution in [2.45, 2.75) is 13.1 Å². The molecule has 0 fully saturated rings. The molecule has 3 rings (SSSR count). The molecule has 0 aliphatic heterocycles. The van der Waals surface area contributed by atoms with Crippen molar-refractivity contribution >= 4 is 21.7 Å². The zero-order valence-corrected chi connectivity index (χ0v) is 16.7. The van der Waals surface area contributed by atoms with Crippen LogP contribution in [0.25, 0.3) is 0 Å². The third-order valence-electron chi connectivity index (χ3n) is 4.04. The van der Waals surface area contributed by atoms with E-state index in [4.69, 9.17) is 8.60 Å². The monoisotopic (exact) mass is 430 g/mol. The second-order valence-corrected chi connectivity index (χ2v) is 8.06. The fourth-order valence-electron chi connectivity index (χ4n) is 2.82. The van der Waals surface area contributed by atoms with Gasteiger partial charge in [-0.1, -0.05) is 18.2 Å². The third kappa shape index (κ3) is 5.67. The van der Waals surface area contributed by atoms with Gasteiger partial charge in [0.25, 0.3) is 11.6 Å². The van der Waals surface area contributed by atoms with Gasteiger partial charge in [-0.3, -0.25) is 14.9 Å². The summed E-state index contributed by atoms with van der Waals surface area (Å²) in [7, 11) is -3.70. The average molecular weight is 430 g/mol. The van der Waals surface area contributed by atoms with Gasteiger partial charge in [0.2, 0.25) is 0 Å². The molecule has 0 spiro atoms. The van der Waals surface area contributed by atoms with Gasteiger partial charge in [-0.05, 0) is 35.9 Å². The highest BCUT2D eigenvalue weighted by Crippen LogP contribution is 2.21. The first-order chi connectivity index (χ1) is 14.2. The number of non-ortho nitro benzene ring substituents is 1. The number of nitro benzene ring substituents is 1. The number of benzene rings is 2. The summed E-state index contributed by atoms with van der Waals surface area (Å²) in [5.74, 6) is 0.206. The maximum atomic E-state index is 13.1. The van der Waals surface area contributed by atoms with E-state index in [0.717, 1.165) is 6.26 Å². The molecule has 0 radical (unpaired) electrons. The summed E-state index contributed by atoms with van der Waals surface area (Å²) in [6.07, 6.45) is 2.42. The molecule has 0 saturated heterocycles. The van der Waals surface area contributed by atoms with Crippen molar-refractivity contribution < 1.29 is 26.7 Å². The van der Waals surface area contributed by atoms with Crippen molar-refractivity contribution in [3.63, 3.8) is 0 Å². The topological polar surface area (TPSA) is 120 Å². The van der Waals surface area contributed by atoms with E-state index in [9.17, 15) is 23.3 Å². The summed E-state index contributed by atoms with van der Waals surface area (Å²) in [6, 6.07) is 15.2. The molecular weight excluding hydrogens is 412 g/mol. The lowest BCUT2D eigenvalue weighted by Gasteiger charge is -2.22. The number of nitrogens with zero attached hydrogens (tertiary/aromatic N) is 2. The molecule has 0 atom stereocenters. The second-order valence-electron chi connectivity index (χ2n) is 6.48. The van der Waals surface area contributed by atoms with E-state index in [0.29, 0.717) is 11.3 Å². The molecule has 2 aromatic carbocycles. The van der Waals surface area contributed by atoms with Gasteiger partial charge in [-0.25, -0.2) is 0 Å². The van der Waals surface area contributed by atoms with Gasteiger partial charge in [0.1, 0.15) is 11.5 Å². The lowest BCUT2D eigenvalue weighted by Crippen LogP contribution is -2.30. The number of furan rings is 1. The molecule has 0 N–H and O–H groups in total. The number of rotatable bonds is 8. The molecule has 3 aromatic rings. The Hall–Kier alpha value is -3.66. The van der Waals surface area contributed by atoms with Crippen molar-refractivity contribution in [3.05, 3.63) is 93.9 Å². The molecule has 30 heavy (non-hydrogen) atoms. The minimum absolute atomic E-state index is 0.100. The molecule has 0 bridgehead atoms. The Labute approximate surface area is 172 Å². The second kappa shape index (κ2) is 8.78. The van der Waals surface area contributed by atoms with Crippen LogP contribution in [0.4, 0.5) is 5.69 Å². The first kappa shape index (κ1) is 21.1. The van der Waals surface area contributed by atoms with Gasteiger partial charge in [0.05, 0.1) is 24.0 Å². The standard InChI is InChI=1S/C20H18N2O7S/c1-30(26,27)29-18-8-2-5-15(11-18)13-21(14-19-9-4-10-28-19)20(23)16-6-3-7-17(12-16)22(24)25/h2-12H,13-14H2,1H3. The predicted octanol–water partition coefficient (Wildman–Crippen LogP) is 3.37. The molecule has 0 aliphatic rings. The molecule has 10 heteroatoms. The van der Waals surface area contributed by atoms with Gasteiger partial charge in [0.15, 0.2) is 0 Å². The molecule has 9 nitrogen and oxygen atoms in total. The maximum Gasteiger partial charge on any atom is 0.306 e. The minimum Gasteiger partial charge on any atom is -0.467 e. The van der Waals surface area contributed by atoms with Crippen molar-refractivity contribution in [1.82, 2.24) is 4.90 Å². The highest BCUT2D eigenvalue weighted by Gasteiger charge is 2.20. The van der Waals surface area contributed by atoms with Gasteiger partial charge in [0, 0.05) is 24.2 Å². The van der Waals surface area contributed by atoms with Crippen LogP contribution in [0, 0.1) is 10.1 Å². The number of amides is 1. The Kier molecular flexibility index (Phi) is 6.17. The van der Waals surface area contributed by atoms with Crippen LogP contribution in [0.5, 0.6) is 5.75 Å². The predicted molar refractivity (Wildman–Crippen MR) is 107 cm³/mol. The van der Waals surface area contributed by atoms with E-state index < -0.39 is 20.9 Å². The first-order valence-electron chi connectivity index (χ1n) is 8.76. The fraction of sp³-hybridized carbons (Fsp3) is 0.150. The zero-order valence-electron chi connectivity index (χ0n) is 15.9. The summed E-state index contributed by atoms with van der Waals surface area (Å²) in [4.78, 5) is 25.0. The van der Waals surface area contributed by atoms with Crippen LogP contribution in [-0.2, 0) is 23.2 Å². The molecule has 1 amide bonds. The van der Waals surface area contributed by atoms with Crippen molar-refractivity contribution in [2.24, 2.45) is 0 Å². The van der Waals surface area contributed by atoms with Crippen LogP contribution in [0.15, 0.2) is 71.3 Å². The van der Waals surface area contributed by atoms with E-state index in [1.807, 2.05) is 0 Å². The Morgan fingerprint density at radius 2 is 1.87 bits per heavy atom. The van der Waals surface area contributed by atoms with Crippen LogP contribution in [0.2, 0.25) is 0 Å². The van der Waals surface area contributed by atoms with E-state index in [1.165, 1.54) is 47.6 Å². The quantitative estimate of drug-likeness (QED) is 0.305. The zero-order chi connectivity index (χ0) is 21.7. The summed E-state index contributed by atoms with van der Waals surface area (Å²) in [6.45, 7) is 0.217. The Bertz CT molecular complexity index is 1160. The Morgan fingerprint density at radius 1 is 1.10 bits per heavy atom. The first-order valence-corrected chi connectivity index (χ1v) is 10.6.